The van der Waals surface area contributed by atoms with Crippen LogP contribution in [0.3, 0.4) is 0 Å². The lowest BCUT2D eigenvalue weighted by molar-refractivity contribution is 0.295. The van der Waals surface area contributed by atoms with Gasteiger partial charge in [0.2, 0.25) is 0 Å². The van der Waals surface area contributed by atoms with Gasteiger partial charge in [0, 0.05) is 12.1 Å². The van der Waals surface area contributed by atoms with E-state index in [1.54, 1.807) is 0 Å². The molecule has 0 unspecified atom stereocenters. The zero-order valence-corrected chi connectivity index (χ0v) is 13.4. The predicted octanol–water partition coefficient (Wildman–Crippen LogP) is 3.57. The molecule has 2 N–H and O–H groups in total. The van der Waals surface area contributed by atoms with E-state index >= 15 is 0 Å². The highest BCUT2D eigenvalue weighted by Crippen LogP contribution is 2.26. The van der Waals surface area contributed by atoms with E-state index in [2.05, 4.69) is 52.2 Å². The van der Waals surface area contributed by atoms with Gasteiger partial charge in [0.25, 0.3) is 0 Å². The second-order valence-electron chi connectivity index (χ2n) is 8.03. The molecule has 2 heteroatoms. The molecule has 2 heterocycles. The molecule has 0 aliphatic carbocycles. The smallest absolute Gasteiger partial charge is 0.0116 e. The summed E-state index contributed by atoms with van der Waals surface area (Å²) in [6, 6.07) is 1.52. The summed E-state index contributed by atoms with van der Waals surface area (Å²) in [5.41, 5.74) is 0.938. The Hall–Kier alpha value is -0.0800. The second-order valence-corrected chi connectivity index (χ2v) is 8.03. The van der Waals surface area contributed by atoms with E-state index in [9.17, 15) is 0 Å². The van der Waals surface area contributed by atoms with E-state index in [1.807, 2.05) is 0 Å². The molecular weight excluding hydrogens is 220 g/mol. The SMILES string of the molecule is CC(C)(C)[C@@H]1CCCN1.CC(C)(C)[C@H]1CCCN1. The summed E-state index contributed by atoms with van der Waals surface area (Å²) in [5, 5.41) is 6.99. The highest BCUT2D eigenvalue weighted by molar-refractivity contribution is 4.85. The Kier molecular flexibility index (Phi) is 5.67. The molecule has 0 aromatic heterocycles. The maximum Gasteiger partial charge on any atom is 0.0116 e. The first kappa shape index (κ1) is 16.0. The van der Waals surface area contributed by atoms with Gasteiger partial charge in [0.1, 0.15) is 0 Å². The third-order valence-corrected chi connectivity index (χ3v) is 4.21. The number of hydrogen-bond acceptors (Lipinski definition) is 2. The van der Waals surface area contributed by atoms with Gasteiger partial charge in [-0.25, -0.2) is 0 Å². The van der Waals surface area contributed by atoms with Crippen molar-refractivity contribution in [3.05, 3.63) is 0 Å². The quantitative estimate of drug-likeness (QED) is 0.690. The third kappa shape index (κ3) is 5.27. The molecule has 2 fully saturated rings. The van der Waals surface area contributed by atoms with Crippen LogP contribution in [0.15, 0.2) is 0 Å². The van der Waals surface area contributed by atoms with E-state index in [0.717, 1.165) is 12.1 Å². The van der Waals surface area contributed by atoms with Crippen LogP contribution in [-0.4, -0.2) is 25.2 Å². The van der Waals surface area contributed by atoms with Crippen LogP contribution in [0.1, 0.15) is 67.2 Å². The van der Waals surface area contributed by atoms with Crippen molar-refractivity contribution >= 4 is 0 Å². The zero-order valence-electron chi connectivity index (χ0n) is 13.4. The Labute approximate surface area is 114 Å². The van der Waals surface area contributed by atoms with Crippen molar-refractivity contribution < 1.29 is 0 Å². The maximum atomic E-state index is 3.50. The summed E-state index contributed by atoms with van der Waals surface area (Å²) >= 11 is 0. The molecule has 0 amide bonds. The molecule has 2 saturated heterocycles. The Balaban J connectivity index is 0.000000180. The van der Waals surface area contributed by atoms with Crippen molar-refractivity contribution in [2.75, 3.05) is 13.1 Å². The van der Waals surface area contributed by atoms with E-state index in [0.29, 0.717) is 10.8 Å². The van der Waals surface area contributed by atoms with Crippen molar-refractivity contribution in [3.63, 3.8) is 0 Å². The van der Waals surface area contributed by atoms with Gasteiger partial charge in [0.15, 0.2) is 0 Å². The lowest BCUT2D eigenvalue weighted by Gasteiger charge is -2.26. The molecule has 0 bridgehead atoms. The zero-order chi connectivity index (χ0) is 13.8. The van der Waals surface area contributed by atoms with E-state index < -0.39 is 0 Å². The molecule has 18 heavy (non-hydrogen) atoms. The number of hydrogen-bond donors (Lipinski definition) is 2. The predicted molar refractivity (Wildman–Crippen MR) is 81.0 cm³/mol. The van der Waals surface area contributed by atoms with Crippen molar-refractivity contribution in [2.24, 2.45) is 10.8 Å². The normalized spacial score (nSPS) is 29.0. The summed E-state index contributed by atoms with van der Waals surface area (Å²) in [6.45, 7) is 16.3. The summed E-state index contributed by atoms with van der Waals surface area (Å²) in [4.78, 5) is 0. The Morgan fingerprint density at radius 2 is 1.00 bits per heavy atom. The Bertz CT molecular complexity index is 196. The first-order chi connectivity index (χ1) is 8.21. The van der Waals surface area contributed by atoms with Gasteiger partial charge in [0.05, 0.1) is 0 Å². The molecule has 0 radical (unpaired) electrons. The standard InChI is InChI=1S/2C8H17N/c2*1-8(2,3)7-5-4-6-9-7/h2*7,9H,4-6H2,1-3H3/t2*7-/m10/s1. The monoisotopic (exact) mass is 254 g/mol. The van der Waals surface area contributed by atoms with E-state index in [4.69, 9.17) is 0 Å². The fraction of sp³-hybridized carbons (Fsp3) is 1.00. The van der Waals surface area contributed by atoms with Crippen molar-refractivity contribution in [2.45, 2.75) is 79.3 Å². The number of nitrogens with one attached hydrogen (secondary N) is 2. The van der Waals surface area contributed by atoms with Crippen LogP contribution >= 0.6 is 0 Å². The fourth-order valence-electron chi connectivity index (χ4n) is 2.85. The minimum Gasteiger partial charge on any atom is -0.313 e. The summed E-state index contributed by atoms with van der Waals surface area (Å²) in [7, 11) is 0. The summed E-state index contributed by atoms with van der Waals surface area (Å²) < 4.78 is 0. The van der Waals surface area contributed by atoms with Crippen molar-refractivity contribution in [3.8, 4) is 0 Å². The van der Waals surface area contributed by atoms with E-state index in [1.165, 1.54) is 38.8 Å². The second kappa shape index (κ2) is 6.38. The minimum atomic E-state index is 0.469. The Morgan fingerprint density at radius 1 is 0.667 bits per heavy atom. The van der Waals surface area contributed by atoms with Gasteiger partial charge >= 0.3 is 0 Å². The maximum absolute atomic E-state index is 3.50. The molecule has 0 saturated carbocycles. The molecular formula is C16H34N2. The van der Waals surface area contributed by atoms with Gasteiger partial charge in [-0.05, 0) is 49.6 Å². The third-order valence-electron chi connectivity index (χ3n) is 4.21. The highest BCUT2D eigenvalue weighted by atomic mass is 15.0. The van der Waals surface area contributed by atoms with Crippen LogP contribution in [0.25, 0.3) is 0 Å². The largest absolute Gasteiger partial charge is 0.313 e. The first-order valence-electron chi connectivity index (χ1n) is 7.68. The highest BCUT2D eigenvalue weighted by Gasteiger charge is 2.27. The molecule has 2 aliphatic rings. The topological polar surface area (TPSA) is 24.1 Å². The van der Waals surface area contributed by atoms with Crippen molar-refractivity contribution in [1.29, 1.82) is 0 Å². The van der Waals surface area contributed by atoms with Gasteiger partial charge in [-0.3, -0.25) is 0 Å². The van der Waals surface area contributed by atoms with Crippen LogP contribution in [0.2, 0.25) is 0 Å². The average Bonchev–Trinajstić information content (AvgIpc) is 2.91. The first-order valence-corrected chi connectivity index (χ1v) is 7.68. The van der Waals surface area contributed by atoms with Crippen LogP contribution in [0, 0.1) is 10.8 Å². The molecule has 0 spiro atoms. The van der Waals surface area contributed by atoms with Crippen LogP contribution < -0.4 is 10.6 Å². The fourth-order valence-corrected chi connectivity index (χ4v) is 2.85. The molecule has 108 valence electrons. The van der Waals surface area contributed by atoms with Crippen LogP contribution in [0.5, 0.6) is 0 Å². The molecule has 2 rings (SSSR count). The van der Waals surface area contributed by atoms with Crippen LogP contribution in [0.4, 0.5) is 0 Å². The molecule has 2 aliphatic heterocycles. The molecule has 2 nitrogen and oxygen atoms in total. The molecule has 0 aromatic rings. The summed E-state index contributed by atoms with van der Waals surface area (Å²) in [5.74, 6) is 0. The lowest BCUT2D eigenvalue weighted by Crippen LogP contribution is -2.34. The van der Waals surface area contributed by atoms with Crippen molar-refractivity contribution in [1.82, 2.24) is 10.6 Å². The van der Waals surface area contributed by atoms with Gasteiger partial charge in [-0.1, -0.05) is 41.5 Å². The average molecular weight is 254 g/mol. The lowest BCUT2D eigenvalue weighted by atomic mass is 9.86. The Morgan fingerprint density at radius 3 is 1.11 bits per heavy atom. The van der Waals surface area contributed by atoms with Gasteiger partial charge in [-0.2, -0.15) is 0 Å². The number of rotatable bonds is 0. The summed E-state index contributed by atoms with van der Waals surface area (Å²) in [6.07, 6.45) is 5.46. The van der Waals surface area contributed by atoms with Gasteiger partial charge < -0.3 is 10.6 Å². The van der Waals surface area contributed by atoms with Gasteiger partial charge in [-0.15, -0.1) is 0 Å². The molecule has 2 atom stereocenters. The van der Waals surface area contributed by atoms with E-state index in [-0.39, 0.29) is 0 Å². The minimum absolute atomic E-state index is 0.469. The van der Waals surface area contributed by atoms with Crippen LogP contribution in [-0.2, 0) is 0 Å². The molecule has 0 aromatic carbocycles.